The van der Waals surface area contributed by atoms with Gasteiger partial charge in [0.05, 0.1) is 21.8 Å². The monoisotopic (exact) mass is 399 g/mol. The van der Waals surface area contributed by atoms with Crippen LogP contribution in [-0.2, 0) is 20.7 Å². The number of hydrogen-bond donors (Lipinski definition) is 1. The molecule has 0 radical (unpaired) electrons. The van der Waals surface area contributed by atoms with Crippen LogP contribution in [0.3, 0.4) is 0 Å². The van der Waals surface area contributed by atoms with E-state index in [1.165, 1.54) is 12.7 Å². The van der Waals surface area contributed by atoms with Crippen molar-refractivity contribution in [3.8, 4) is 0 Å². The molecule has 2 aromatic rings. The molecule has 0 aromatic heterocycles. The minimum Gasteiger partial charge on any atom is -0.467 e. The Hall–Kier alpha value is -2.60. The van der Waals surface area contributed by atoms with Gasteiger partial charge in [-0.15, -0.1) is 0 Å². The standard InChI is InChI=1S/C22H29NO4Si/c1-26-21(24)19(15-17-11-7-5-8-12-17)23-22(25)27-16-20(28(2,3)4)18-13-9-6-10-14-18/h5-14,19-20H,15-16H2,1-4H3,(H,23,25)/t19-,20?/m0/s1. The lowest BCUT2D eigenvalue weighted by Gasteiger charge is -2.29. The molecule has 0 fully saturated rings. The Bertz CT molecular complexity index is 759. The summed E-state index contributed by atoms with van der Waals surface area (Å²) in [6.45, 7) is 7.03. The fraction of sp³-hybridized carbons (Fsp3) is 0.364. The van der Waals surface area contributed by atoms with Gasteiger partial charge in [-0.1, -0.05) is 80.3 Å². The topological polar surface area (TPSA) is 64.6 Å². The smallest absolute Gasteiger partial charge is 0.407 e. The summed E-state index contributed by atoms with van der Waals surface area (Å²) >= 11 is 0. The zero-order valence-corrected chi connectivity index (χ0v) is 18.0. The van der Waals surface area contributed by atoms with Gasteiger partial charge in [0.15, 0.2) is 0 Å². The van der Waals surface area contributed by atoms with Gasteiger partial charge < -0.3 is 14.8 Å². The van der Waals surface area contributed by atoms with E-state index in [1.54, 1.807) is 0 Å². The summed E-state index contributed by atoms with van der Waals surface area (Å²) in [7, 11) is -0.311. The minimum absolute atomic E-state index is 0.171. The van der Waals surface area contributed by atoms with Gasteiger partial charge in [0.2, 0.25) is 0 Å². The summed E-state index contributed by atoms with van der Waals surface area (Å²) in [6, 6.07) is 18.8. The molecule has 1 unspecified atom stereocenters. The van der Waals surface area contributed by atoms with Crippen molar-refractivity contribution in [3.05, 3.63) is 71.8 Å². The van der Waals surface area contributed by atoms with E-state index in [4.69, 9.17) is 9.47 Å². The van der Waals surface area contributed by atoms with E-state index in [1.807, 2.05) is 48.5 Å². The molecule has 5 nitrogen and oxygen atoms in total. The summed E-state index contributed by atoms with van der Waals surface area (Å²) in [5.41, 5.74) is 2.27. The van der Waals surface area contributed by atoms with E-state index >= 15 is 0 Å². The first-order valence-electron chi connectivity index (χ1n) is 9.41. The van der Waals surface area contributed by atoms with Gasteiger partial charge in [-0.05, 0) is 11.1 Å². The number of nitrogens with one attached hydrogen (secondary N) is 1. The summed E-state index contributed by atoms with van der Waals surface area (Å²) in [4.78, 5) is 24.5. The van der Waals surface area contributed by atoms with Crippen molar-refractivity contribution in [3.63, 3.8) is 0 Å². The summed E-state index contributed by atoms with van der Waals surface area (Å²) in [5, 5.41) is 2.65. The molecule has 0 spiro atoms. The molecule has 0 saturated carbocycles. The predicted octanol–water partition coefficient (Wildman–Crippen LogP) is 4.16. The molecule has 2 rings (SSSR count). The van der Waals surface area contributed by atoms with Crippen molar-refractivity contribution in [2.75, 3.05) is 13.7 Å². The molecule has 0 saturated heterocycles. The zero-order valence-electron chi connectivity index (χ0n) is 17.0. The molecule has 0 heterocycles. The molecule has 150 valence electrons. The van der Waals surface area contributed by atoms with E-state index in [0.29, 0.717) is 6.42 Å². The number of esters is 1. The van der Waals surface area contributed by atoms with Crippen molar-refractivity contribution >= 4 is 20.1 Å². The van der Waals surface area contributed by atoms with Crippen LogP contribution in [0.1, 0.15) is 16.7 Å². The number of rotatable bonds is 8. The molecule has 0 bridgehead atoms. The second kappa shape index (κ2) is 10.1. The summed E-state index contributed by atoms with van der Waals surface area (Å²) in [6.07, 6.45) is -0.260. The Morgan fingerprint density at radius 2 is 1.54 bits per heavy atom. The van der Waals surface area contributed by atoms with Gasteiger partial charge in [-0.2, -0.15) is 0 Å². The Balaban J connectivity index is 2.02. The number of alkyl carbamates (subject to hydrolysis) is 1. The number of hydrogen-bond acceptors (Lipinski definition) is 4. The highest BCUT2D eigenvalue weighted by Gasteiger charge is 2.30. The highest BCUT2D eigenvalue weighted by Crippen LogP contribution is 2.27. The average Bonchev–Trinajstić information content (AvgIpc) is 2.67. The summed E-state index contributed by atoms with van der Waals surface area (Å²) in [5.74, 6) is -0.495. The van der Waals surface area contributed by atoms with Gasteiger partial charge in [0, 0.05) is 12.0 Å². The molecule has 6 heteroatoms. The lowest BCUT2D eigenvalue weighted by molar-refractivity contribution is -0.143. The van der Waals surface area contributed by atoms with Crippen molar-refractivity contribution in [1.29, 1.82) is 0 Å². The molecule has 1 amide bonds. The first kappa shape index (κ1) is 21.7. The van der Waals surface area contributed by atoms with Crippen molar-refractivity contribution in [1.82, 2.24) is 5.32 Å². The average molecular weight is 400 g/mol. The number of methoxy groups -OCH3 is 1. The van der Waals surface area contributed by atoms with Crippen LogP contribution < -0.4 is 5.32 Å². The lowest BCUT2D eigenvalue weighted by Crippen LogP contribution is -2.44. The zero-order chi connectivity index (χ0) is 20.6. The number of amides is 1. The van der Waals surface area contributed by atoms with Gasteiger partial charge in [0.1, 0.15) is 6.04 Å². The normalized spacial score (nSPS) is 13.3. The van der Waals surface area contributed by atoms with Crippen LogP contribution >= 0.6 is 0 Å². The first-order chi connectivity index (χ1) is 13.3. The fourth-order valence-electron chi connectivity index (χ4n) is 3.06. The van der Waals surface area contributed by atoms with Gasteiger partial charge in [-0.3, -0.25) is 0 Å². The minimum atomic E-state index is -1.62. The van der Waals surface area contributed by atoms with E-state index in [2.05, 4.69) is 37.1 Å². The van der Waals surface area contributed by atoms with Crippen molar-refractivity contribution in [2.24, 2.45) is 0 Å². The summed E-state index contributed by atoms with van der Waals surface area (Å²) < 4.78 is 10.4. The van der Waals surface area contributed by atoms with Crippen LogP contribution in [0, 0.1) is 0 Å². The van der Waals surface area contributed by atoms with Crippen LogP contribution in [0.15, 0.2) is 60.7 Å². The van der Waals surface area contributed by atoms with E-state index in [-0.39, 0.29) is 12.1 Å². The van der Waals surface area contributed by atoms with Crippen molar-refractivity contribution in [2.45, 2.75) is 37.6 Å². The Labute approximate surface area is 168 Å². The molecule has 28 heavy (non-hydrogen) atoms. The van der Waals surface area contributed by atoms with E-state index in [0.717, 1.165) is 5.56 Å². The third-order valence-corrected chi connectivity index (χ3v) is 7.28. The second-order valence-corrected chi connectivity index (χ2v) is 13.3. The second-order valence-electron chi connectivity index (χ2n) is 7.84. The Morgan fingerprint density at radius 3 is 2.07 bits per heavy atom. The maximum atomic E-state index is 12.4. The van der Waals surface area contributed by atoms with Gasteiger partial charge >= 0.3 is 12.1 Å². The van der Waals surface area contributed by atoms with E-state index in [9.17, 15) is 9.59 Å². The molecule has 0 aliphatic heterocycles. The van der Waals surface area contributed by atoms with Crippen LogP contribution in [-0.4, -0.2) is 39.9 Å². The third-order valence-electron chi connectivity index (χ3n) is 4.69. The largest absolute Gasteiger partial charge is 0.467 e. The Kier molecular flexibility index (Phi) is 7.81. The number of carbonyl (C=O) groups is 2. The maximum Gasteiger partial charge on any atom is 0.407 e. The van der Waals surface area contributed by atoms with Crippen LogP contribution in [0.5, 0.6) is 0 Å². The van der Waals surface area contributed by atoms with Gasteiger partial charge in [0.25, 0.3) is 0 Å². The molecule has 0 aliphatic rings. The van der Waals surface area contributed by atoms with E-state index < -0.39 is 26.2 Å². The fourth-order valence-corrected chi connectivity index (χ4v) is 4.84. The number of benzene rings is 2. The lowest BCUT2D eigenvalue weighted by atomic mass is 10.1. The maximum absolute atomic E-state index is 12.4. The molecular weight excluding hydrogens is 370 g/mol. The third kappa shape index (κ3) is 6.53. The highest BCUT2D eigenvalue weighted by atomic mass is 28.3. The Morgan fingerprint density at radius 1 is 0.964 bits per heavy atom. The van der Waals surface area contributed by atoms with Gasteiger partial charge in [-0.25, -0.2) is 9.59 Å². The predicted molar refractivity (Wildman–Crippen MR) is 113 cm³/mol. The number of carbonyl (C=O) groups excluding carboxylic acids is 2. The molecular formula is C22H29NO4Si. The molecule has 2 atom stereocenters. The molecule has 2 aromatic carbocycles. The SMILES string of the molecule is COC(=O)[C@H](Cc1ccccc1)NC(=O)OCC(c1ccccc1)[Si](C)(C)C. The van der Waals surface area contributed by atoms with Crippen LogP contribution in [0.25, 0.3) is 0 Å². The number of ether oxygens (including phenoxy) is 2. The van der Waals surface area contributed by atoms with Crippen LogP contribution in [0.4, 0.5) is 4.79 Å². The molecule has 0 aliphatic carbocycles. The quantitative estimate of drug-likeness (QED) is 0.535. The van der Waals surface area contributed by atoms with Crippen LogP contribution in [0.2, 0.25) is 19.6 Å². The first-order valence-corrected chi connectivity index (χ1v) is 13.0. The molecule has 1 N–H and O–H groups in total. The highest BCUT2D eigenvalue weighted by molar-refractivity contribution is 6.77. The van der Waals surface area contributed by atoms with Crippen molar-refractivity contribution < 1.29 is 19.1 Å².